The summed E-state index contributed by atoms with van der Waals surface area (Å²) in [4.78, 5) is 0. The zero-order valence-corrected chi connectivity index (χ0v) is 12.2. The molecule has 0 N–H and O–H groups in total. The van der Waals surface area contributed by atoms with Gasteiger partial charge in [-0.2, -0.15) is 0 Å². The van der Waals surface area contributed by atoms with E-state index < -0.39 is 0 Å². The van der Waals surface area contributed by atoms with Crippen LogP contribution in [0.5, 0.6) is 0 Å². The standard InChI is InChI=1S/C20H18O/c1-20(19-9-5-4-7-16(19)12-13-21-20)18-11-10-15-6-2-3-8-17(15)14-18/h2-11,14H,12-13H2,1H3. The van der Waals surface area contributed by atoms with E-state index in [2.05, 4.69) is 73.7 Å². The van der Waals surface area contributed by atoms with Crippen molar-refractivity contribution in [2.75, 3.05) is 6.61 Å². The predicted molar refractivity (Wildman–Crippen MR) is 86.5 cm³/mol. The van der Waals surface area contributed by atoms with Crippen molar-refractivity contribution in [2.24, 2.45) is 0 Å². The molecule has 3 aromatic rings. The third kappa shape index (κ3) is 1.97. The van der Waals surface area contributed by atoms with Crippen molar-refractivity contribution in [3.05, 3.63) is 83.4 Å². The van der Waals surface area contributed by atoms with Gasteiger partial charge >= 0.3 is 0 Å². The SMILES string of the molecule is CC1(c2ccc3ccccc3c2)OCCc2ccccc21. The molecule has 104 valence electrons. The molecule has 21 heavy (non-hydrogen) atoms. The maximum Gasteiger partial charge on any atom is 0.116 e. The van der Waals surface area contributed by atoms with Crippen LogP contribution in [0, 0.1) is 0 Å². The minimum Gasteiger partial charge on any atom is -0.365 e. The van der Waals surface area contributed by atoms with E-state index in [-0.39, 0.29) is 5.60 Å². The van der Waals surface area contributed by atoms with E-state index in [1.54, 1.807) is 0 Å². The van der Waals surface area contributed by atoms with Crippen LogP contribution in [0.4, 0.5) is 0 Å². The van der Waals surface area contributed by atoms with Crippen LogP contribution < -0.4 is 0 Å². The number of hydrogen-bond acceptors (Lipinski definition) is 1. The van der Waals surface area contributed by atoms with Crippen LogP contribution in [0.1, 0.15) is 23.6 Å². The molecule has 3 aromatic carbocycles. The average Bonchev–Trinajstić information content (AvgIpc) is 2.55. The molecule has 0 amide bonds. The summed E-state index contributed by atoms with van der Waals surface area (Å²) in [7, 11) is 0. The van der Waals surface area contributed by atoms with Gasteiger partial charge in [-0.1, -0.05) is 60.7 Å². The number of hydrogen-bond donors (Lipinski definition) is 0. The molecule has 1 heterocycles. The Labute approximate surface area is 125 Å². The van der Waals surface area contributed by atoms with Crippen molar-refractivity contribution >= 4 is 10.8 Å². The molecule has 1 aliphatic rings. The quantitative estimate of drug-likeness (QED) is 0.626. The van der Waals surface area contributed by atoms with Crippen molar-refractivity contribution in [1.29, 1.82) is 0 Å². The van der Waals surface area contributed by atoms with E-state index in [0.717, 1.165) is 13.0 Å². The van der Waals surface area contributed by atoms with E-state index in [1.807, 2.05) is 0 Å². The second-order valence-corrected chi connectivity index (χ2v) is 5.85. The van der Waals surface area contributed by atoms with Crippen molar-refractivity contribution in [1.82, 2.24) is 0 Å². The van der Waals surface area contributed by atoms with Gasteiger partial charge in [-0.05, 0) is 46.9 Å². The third-order valence-corrected chi connectivity index (χ3v) is 4.59. The van der Waals surface area contributed by atoms with Crippen LogP contribution in [0.15, 0.2) is 66.7 Å². The maximum atomic E-state index is 6.23. The van der Waals surface area contributed by atoms with E-state index >= 15 is 0 Å². The Morgan fingerprint density at radius 2 is 1.62 bits per heavy atom. The molecule has 0 bridgehead atoms. The van der Waals surface area contributed by atoms with Crippen LogP contribution in [0.3, 0.4) is 0 Å². The summed E-state index contributed by atoms with van der Waals surface area (Å²) in [5.74, 6) is 0. The third-order valence-electron chi connectivity index (χ3n) is 4.59. The fourth-order valence-electron chi connectivity index (χ4n) is 3.37. The first-order chi connectivity index (χ1) is 10.3. The first-order valence-electron chi connectivity index (χ1n) is 7.49. The number of ether oxygens (including phenoxy) is 1. The van der Waals surface area contributed by atoms with Gasteiger partial charge in [0.15, 0.2) is 0 Å². The molecule has 0 saturated carbocycles. The average molecular weight is 274 g/mol. The number of rotatable bonds is 1. The highest BCUT2D eigenvalue weighted by atomic mass is 16.5. The summed E-state index contributed by atoms with van der Waals surface area (Å²) in [5, 5.41) is 2.54. The molecule has 0 aliphatic carbocycles. The van der Waals surface area contributed by atoms with Gasteiger partial charge in [-0.25, -0.2) is 0 Å². The number of benzene rings is 3. The van der Waals surface area contributed by atoms with Gasteiger partial charge < -0.3 is 4.74 Å². The fraction of sp³-hybridized carbons (Fsp3) is 0.200. The lowest BCUT2D eigenvalue weighted by Gasteiger charge is -2.36. The van der Waals surface area contributed by atoms with Crippen LogP contribution in [0.2, 0.25) is 0 Å². The predicted octanol–water partition coefficient (Wildman–Crippen LogP) is 4.68. The van der Waals surface area contributed by atoms with Gasteiger partial charge in [-0.3, -0.25) is 0 Å². The number of fused-ring (bicyclic) bond motifs is 2. The highest BCUT2D eigenvalue weighted by Gasteiger charge is 2.34. The molecule has 1 heteroatoms. The van der Waals surface area contributed by atoms with Crippen LogP contribution in [0.25, 0.3) is 10.8 Å². The Morgan fingerprint density at radius 1 is 0.857 bits per heavy atom. The summed E-state index contributed by atoms with van der Waals surface area (Å²) >= 11 is 0. The van der Waals surface area contributed by atoms with E-state index in [9.17, 15) is 0 Å². The fourth-order valence-corrected chi connectivity index (χ4v) is 3.37. The monoisotopic (exact) mass is 274 g/mol. The Hall–Kier alpha value is -2.12. The molecule has 0 fully saturated rings. The van der Waals surface area contributed by atoms with Crippen molar-refractivity contribution < 1.29 is 4.74 Å². The molecule has 1 unspecified atom stereocenters. The highest BCUT2D eigenvalue weighted by molar-refractivity contribution is 5.83. The highest BCUT2D eigenvalue weighted by Crippen LogP contribution is 2.39. The van der Waals surface area contributed by atoms with Crippen molar-refractivity contribution in [2.45, 2.75) is 18.9 Å². The first kappa shape index (κ1) is 12.6. The first-order valence-corrected chi connectivity index (χ1v) is 7.49. The molecular weight excluding hydrogens is 256 g/mol. The zero-order valence-electron chi connectivity index (χ0n) is 12.2. The molecule has 0 saturated heterocycles. The molecule has 0 spiro atoms. The summed E-state index contributed by atoms with van der Waals surface area (Å²) in [6, 6.07) is 23.8. The van der Waals surface area contributed by atoms with Gasteiger partial charge in [0, 0.05) is 0 Å². The van der Waals surface area contributed by atoms with Crippen molar-refractivity contribution in [3.8, 4) is 0 Å². The van der Waals surface area contributed by atoms with E-state index in [0.29, 0.717) is 0 Å². The summed E-state index contributed by atoms with van der Waals surface area (Å²) < 4.78 is 6.23. The second-order valence-electron chi connectivity index (χ2n) is 5.85. The molecule has 1 nitrogen and oxygen atoms in total. The summed E-state index contributed by atoms with van der Waals surface area (Å²) in [6.07, 6.45) is 0.999. The van der Waals surface area contributed by atoms with Crippen LogP contribution in [-0.4, -0.2) is 6.61 Å². The van der Waals surface area contributed by atoms with E-state index in [4.69, 9.17) is 4.74 Å². The van der Waals surface area contributed by atoms with Gasteiger partial charge in [0.2, 0.25) is 0 Å². The topological polar surface area (TPSA) is 9.23 Å². The smallest absolute Gasteiger partial charge is 0.116 e. The second kappa shape index (κ2) is 4.71. The van der Waals surface area contributed by atoms with Crippen LogP contribution in [-0.2, 0) is 16.8 Å². The Kier molecular flexibility index (Phi) is 2.83. The summed E-state index contributed by atoms with van der Waals surface area (Å²) in [6.45, 7) is 2.97. The van der Waals surface area contributed by atoms with Crippen LogP contribution >= 0.6 is 0 Å². The molecule has 1 atom stereocenters. The Balaban J connectivity index is 1.91. The minimum absolute atomic E-state index is 0.348. The van der Waals surface area contributed by atoms with Gasteiger partial charge in [0.1, 0.15) is 5.60 Å². The lowest BCUT2D eigenvalue weighted by Crippen LogP contribution is -2.33. The summed E-state index contributed by atoms with van der Waals surface area (Å²) in [5.41, 5.74) is 3.58. The molecule has 4 rings (SSSR count). The Morgan fingerprint density at radius 3 is 2.52 bits per heavy atom. The molecule has 1 aliphatic heterocycles. The normalized spacial score (nSPS) is 21.2. The van der Waals surface area contributed by atoms with E-state index in [1.165, 1.54) is 27.5 Å². The lowest BCUT2D eigenvalue weighted by atomic mass is 9.82. The maximum absolute atomic E-state index is 6.23. The largest absolute Gasteiger partial charge is 0.365 e. The molecule has 0 radical (unpaired) electrons. The van der Waals surface area contributed by atoms with Gasteiger partial charge in [0.05, 0.1) is 6.61 Å². The van der Waals surface area contributed by atoms with Gasteiger partial charge in [-0.15, -0.1) is 0 Å². The minimum atomic E-state index is -0.348. The molecule has 0 aromatic heterocycles. The van der Waals surface area contributed by atoms with Crippen molar-refractivity contribution in [3.63, 3.8) is 0 Å². The molecular formula is C20H18O. The lowest BCUT2D eigenvalue weighted by molar-refractivity contribution is -0.0140. The zero-order chi connectivity index (χ0) is 14.3. The Bertz CT molecular complexity index is 806. The van der Waals surface area contributed by atoms with Gasteiger partial charge in [0.25, 0.3) is 0 Å².